The minimum atomic E-state index is -0.403. The fourth-order valence-electron chi connectivity index (χ4n) is 3.04. The zero-order chi connectivity index (χ0) is 20.2. The average molecular weight is 390 g/mol. The normalized spacial score (nSPS) is 17.3. The van der Waals surface area contributed by atoms with E-state index in [0.717, 1.165) is 0 Å². The lowest BCUT2D eigenvalue weighted by Gasteiger charge is -2.12. The molecule has 5 nitrogen and oxygen atoms in total. The Labute approximate surface area is 167 Å². The molecule has 0 spiro atoms. The van der Waals surface area contributed by atoms with Gasteiger partial charge in [0.15, 0.2) is 5.75 Å². The molecule has 2 atom stereocenters. The molecule has 0 heterocycles. The number of hydrogen-bond donors (Lipinski definition) is 2. The Kier molecular flexibility index (Phi) is 5.24. The van der Waals surface area contributed by atoms with Crippen LogP contribution in [0.15, 0.2) is 78.9 Å². The van der Waals surface area contributed by atoms with E-state index in [0.29, 0.717) is 29.3 Å². The van der Waals surface area contributed by atoms with Crippen molar-refractivity contribution in [1.82, 2.24) is 0 Å². The van der Waals surface area contributed by atoms with Gasteiger partial charge in [-0.2, -0.15) is 0 Å². The van der Waals surface area contributed by atoms with Crippen molar-refractivity contribution in [2.45, 2.75) is 6.42 Å². The molecular formula is C23H19FN2O3. The van der Waals surface area contributed by atoms with Gasteiger partial charge in [-0.05, 0) is 55.0 Å². The highest BCUT2D eigenvalue weighted by Crippen LogP contribution is 2.41. The Hall–Kier alpha value is -3.67. The van der Waals surface area contributed by atoms with Crippen molar-refractivity contribution in [3.8, 4) is 11.5 Å². The molecule has 0 aromatic heterocycles. The van der Waals surface area contributed by atoms with Crippen LogP contribution in [0.5, 0.6) is 11.5 Å². The van der Waals surface area contributed by atoms with Crippen molar-refractivity contribution in [2.75, 3.05) is 10.6 Å². The molecule has 0 aliphatic heterocycles. The number of benzene rings is 3. The number of halogens is 1. The van der Waals surface area contributed by atoms with Gasteiger partial charge in [0, 0.05) is 5.69 Å². The SMILES string of the molecule is O=C(Nc1ccc(F)cc1)C1CC1C(=O)Nc1ccccc1Oc1ccccc1. The number of rotatable bonds is 6. The average Bonchev–Trinajstić information content (AvgIpc) is 3.53. The van der Waals surface area contributed by atoms with Gasteiger partial charge in [0.05, 0.1) is 17.5 Å². The minimum absolute atomic E-state index is 0.228. The smallest absolute Gasteiger partial charge is 0.228 e. The number of para-hydroxylation sites is 3. The molecule has 0 radical (unpaired) electrons. The molecule has 3 aromatic rings. The molecular weight excluding hydrogens is 371 g/mol. The van der Waals surface area contributed by atoms with Gasteiger partial charge in [-0.15, -0.1) is 0 Å². The van der Waals surface area contributed by atoms with Crippen molar-refractivity contribution in [2.24, 2.45) is 11.8 Å². The van der Waals surface area contributed by atoms with Gasteiger partial charge in [0.1, 0.15) is 11.6 Å². The predicted molar refractivity (Wildman–Crippen MR) is 108 cm³/mol. The van der Waals surface area contributed by atoms with E-state index in [-0.39, 0.29) is 17.6 Å². The monoisotopic (exact) mass is 390 g/mol. The summed E-state index contributed by atoms with van der Waals surface area (Å²) in [5.74, 6) is -0.457. The number of anilines is 2. The molecule has 1 aliphatic carbocycles. The van der Waals surface area contributed by atoms with Crippen LogP contribution in [0.2, 0.25) is 0 Å². The topological polar surface area (TPSA) is 67.4 Å². The summed E-state index contributed by atoms with van der Waals surface area (Å²) in [6.45, 7) is 0. The van der Waals surface area contributed by atoms with Crippen molar-refractivity contribution >= 4 is 23.2 Å². The zero-order valence-electron chi connectivity index (χ0n) is 15.5. The Balaban J connectivity index is 1.37. The van der Waals surface area contributed by atoms with Crippen LogP contribution in [0.25, 0.3) is 0 Å². The largest absolute Gasteiger partial charge is 0.455 e. The van der Waals surface area contributed by atoms with Crippen LogP contribution < -0.4 is 15.4 Å². The summed E-state index contributed by atoms with van der Waals surface area (Å²) in [7, 11) is 0. The number of amides is 2. The van der Waals surface area contributed by atoms with Gasteiger partial charge in [-0.3, -0.25) is 9.59 Å². The van der Waals surface area contributed by atoms with Gasteiger partial charge >= 0.3 is 0 Å². The lowest BCUT2D eigenvalue weighted by molar-refractivity contribution is -0.122. The quantitative estimate of drug-likeness (QED) is 0.633. The van der Waals surface area contributed by atoms with Crippen LogP contribution in [0.1, 0.15) is 6.42 Å². The maximum Gasteiger partial charge on any atom is 0.228 e. The molecule has 6 heteroatoms. The lowest BCUT2D eigenvalue weighted by Crippen LogP contribution is -2.20. The molecule has 1 saturated carbocycles. The third-order valence-corrected chi connectivity index (χ3v) is 4.69. The van der Waals surface area contributed by atoms with E-state index in [9.17, 15) is 14.0 Å². The van der Waals surface area contributed by atoms with Crippen LogP contribution in [0.4, 0.5) is 15.8 Å². The molecule has 2 N–H and O–H groups in total. The number of ether oxygens (including phenoxy) is 1. The van der Waals surface area contributed by atoms with Crippen molar-refractivity contribution < 1.29 is 18.7 Å². The van der Waals surface area contributed by atoms with E-state index in [1.807, 2.05) is 36.4 Å². The van der Waals surface area contributed by atoms with Crippen molar-refractivity contribution in [3.63, 3.8) is 0 Å². The summed E-state index contributed by atoms with van der Waals surface area (Å²) >= 11 is 0. The first-order valence-electron chi connectivity index (χ1n) is 9.29. The molecule has 4 rings (SSSR count). The summed E-state index contributed by atoms with van der Waals surface area (Å²) in [6, 6.07) is 22.0. The Morgan fingerprint density at radius 3 is 2.14 bits per heavy atom. The fraction of sp³-hybridized carbons (Fsp3) is 0.130. The minimum Gasteiger partial charge on any atom is -0.455 e. The van der Waals surface area contributed by atoms with E-state index in [4.69, 9.17) is 4.74 Å². The molecule has 1 aliphatic rings. The third-order valence-electron chi connectivity index (χ3n) is 4.69. The number of hydrogen-bond acceptors (Lipinski definition) is 3. The van der Waals surface area contributed by atoms with Gasteiger partial charge in [-0.25, -0.2) is 4.39 Å². The molecule has 0 saturated heterocycles. The molecule has 2 unspecified atom stereocenters. The number of carbonyl (C=O) groups is 2. The summed E-state index contributed by atoms with van der Waals surface area (Å²) < 4.78 is 18.8. The maximum absolute atomic E-state index is 13.0. The maximum atomic E-state index is 13.0. The van der Waals surface area contributed by atoms with Crippen LogP contribution >= 0.6 is 0 Å². The second kappa shape index (κ2) is 8.14. The molecule has 29 heavy (non-hydrogen) atoms. The van der Waals surface area contributed by atoms with E-state index in [1.54, 1.807) is 18.2 Å². The zero-order valence-corrected chi connectivity index (χ0v) is 15.5. The summed E-state index contributed by atoms with van der Waals surface area (Å²) in [4.78, 5) is 24.9. The Bertz CT molecular complexity index is 1020. The van der Waals surface area contributed by atoms with Crippen molar-refractivity contribution in [1.29, 1.82) is 0 Å². The Morgan fingerprint density at radius 1 is 0.793 bits per heavy atom. The second-order valence-corrected chi connectivity index (χ2v) is 6.85. The van der Waals surface area contributed by atoms with Crippen LogP contribution in [0, 0.1) is 17.7 Å². The number of carbonyl (C=O) groups excluding carboxylic acids is 2. The molecule has 146 valence electrons. The Morgan fingerprint density at radius 2 is 1.41 bits per heavy atom. The summed E-state index contributed by atoms with van der Waals surface area (Å²) in [6.07, 6.45) is 0.473. The molecule has 0 bridgehead atoms. The van der Waals surface area contributed by atoms with Crippen LogP contribution in [-0.2, 0) is 9.59 Å². The van der Waals surface area contributed by atoms with E-state index >= 15 is 0 Å². The standard InChI is InChI=1S/C23H19FN2O3/c24-15-10-12-16(13-11-15)25-22(27)18-14-19(18)23(28)26-20-8-4-5-9-21(20)29-17-6-2-1-3-7-17/h1-13,18-19H,14H2,(H,25,27)(H,26,28). The first-order valence-corrected chi connectivity index (χ1v) is 9.29. The highest BCUT2D eigenvalue weighted by Gasteiger charge is 2.48. The van der Waals surface area contributed by atoms with Crippen LogP contribution in [0.3, 0.4) is 0 Å². The first kappa shape index (κ1) is 18.7. The molecule has 2 amide bonds. The fourth-order valence-corrected chi connectivity index (χ4v) is 3.04. The van der Waals surface area contributed by atoms with E-state index < -0.39 is 11.8 Å². The number of nitrogens with one attached hydrogen (secondary N) is 2. The van der Waals surface area contributed by atoms with E-state index in [1.165, 1.54) is 24.3 Å². The second-order valence-electron chi connectivity index (χ2n) is 6.85. The highest BCUT2D eigenvalue weighted by atomic mass is 19.1. The van der Waals surface area contributed by atoms with Gasteiger partial charge < -0.3 is 15.4 Å². The van der Waals surface area contributed by atoms with Crippen molar-refractivity contribution in [3.05, 3.63) is 84.7 Å². The third kappa shape index (κ3) is 4.60. The lowest BCUT2D eigenvalue weighted by atomic mass is 10.2. The van der Waals surface area contributed by atoms with Gasteiger partial charge in [-0.1, -0.05) is 30.3 Å². The van der Waals surface area contributed by atoms with Crippen LogP contribution in [-0.4, -0.2) is 11.8 Å². The first-order chi connectivity index (χ1) is 14.1. The summed E-state index contributed by atoms with van der Waals surface area (Å²) in [5.41, 5.74) is 1.05. The van der Waals surface area contributed by atoms with E-state index in [2.05, 4.69) is 10.6 Å². The molecule has 1 fully saturated rings. The molecule has 3 aromatic carbocycles. The van der Waals surface area contributed by atoms with Gasteiger partial charge in [0.2, 0.25) is 11.8 Å². The highest BCUT2D eigenvalue weighted by molar-refractivity contribution is 6.03. The summed E-state index contributed by atoms with van der Waals surface area (Å²) in [5, 5.41) is 5.57. The van der Waals surface area contributed by atoms with Gasteiger partial charge in [0.25, 0.3) is 0 Å². The predicted octanol–water partition coefficient (Wildman–Crippen LogP) is 4.83.